The van der Waals surface area contributed by atoms with Crippen LogP contribution in [0, 0.1) is 20.8 Å². The Hall–Kier alpha value is -3.07. The summed E-state index contributed by atoms with van der Waals surface area (Å²) in [5.41, 5.74) is 3.55. The van der Waals surface area contributed by atoms with Crippen molar-refractivity contribution in [3.8, 4) is 5.75 Å². The first-order valence-electron chi connectivity index (χ1n) is 8.74. The molecule has 3 aromatic rings. The summed E-state index contributed by atoms with van der Waals surface area (Å²) in [5.74, 6) is -0.568. The molecule has 3 N–H and O–H groups in total. The normalized spacial score (nSPS) is 11.0. The van der Waals surface area contributed by atoms with Gasteiger partial charge in [0.2, 0.25) is 0 Å². The number of aryl methyl sites for hydroxylation is 3. The Morgan fingerprint density at radius 1 is 1.14 bits per heavy atom. The molecule has 0 fully saturated rings. The van der Waals surface area contributed by atoms with Crippen LogP contribution in [0.5, 0.6) is 5.75 Å². The molecule has 3 rings (SSSR count). The fraction of sp³-hybridized carbons (Fsp3) is 0.200. The van der Waals surface area contributed by atoms with Gasteiger partial charge in [-0.15, -0.1) is 0 Å². The van der Waals surface area contributed by atoms with Gasteiger partial charge < -0.3 is 15.1 Å². The highest BCUT2D eigenvalue weighted by Gasteiger charge is 2.17. The van der Waals surface area contributed by atoms with Crippen molar-refractivity contribution in [2.45, 2.75) is 32.2 Å². The maximum atomic E-state index is 12.8. The van der Waals surface area contributed by atoms with Crippen LogP contribution < -0.4 is 10.0 Å². The summed E-state index contributed by atoms with van der Waals surface area (Å²) in [7, 11) is 0. The number of amides is 1. The third kappa shape index (κ3) is 4.68. The van der Waals surface area contributed by atoms with Crippen LogP contribution in [0.4, 0.5) is 20.2 Å². The van der Waals surface area contributed by atoms with Gasteiger partial charge in [-0.25, -0.2) is 4.68 Å². The molecule has 0 saturated heterocycles. The molecule has 0 unspecified atom stereocenters. The van der Waals surface area contributed by atoms with E-state index < -0.39 is 12.5 Å². The summed E-state index contributed by atoms with van der Waals surface area (Å²) in [5, 5.41) is 16.4. The highest BCUT2D eigenvalue weighted by Crippen LogP contribution is 2.33. The van der Waals surface area contributed by atoms with Crippen LogP contribution >= 0.6 is 11.9 Å². The average molecular weight is 418 g/mol. The second kappa shape index (κ2) is 8.52. The number of alkyl halides is 2. The molecule has 0 radical (unpaired) electrons. The van der Waals surface area contributed by atoms with E-state index in [4.69, 9.17) is 0 Å². The quantitative estimate of drug-likeness (QED) is 0.375. The molecule has 9 heteroatoms. The molecule has 6 nitrogen and oxygen atoms in total. The van der Waals surface area contributed by atoms with Gasteiger partial charge in [-0.3, -0.25) is 4.79 Å². The SMILES string of the molecule is Cc1cccc(C)c1NSc1cc(NC(=O)c2cc(C)n(C(F)F)n2)ccc1O. The molecule has 1 amide bonds. The van der Waals surface area contributed by atoms with Crippen LogP contribution in [0.15, 0.2) is 47.4 Å². The monoisotopic (exact) mass is 418 g/mol. The number of hydrogen-bond acceptors (Lipinski definition) is 5. The van der Waals surface area contributed by atoms with Gasteiger partial charge in [-0.1, -0.05) is 18.2 Å². The first kappa shape index (κ1) is 20.7. The third-order valence-electron chi connectivity index (χ3n) is 4.30. The van der Waals surface area contributed by atoms with Crippen molar-refractivity contribution in [3.63, 3.8) is 0 Å². The smallest absolute Gasteiger partial charge is 0.333 e. The summed E-state index contributed by atoms with van der Waals surface area (Å²) < 4.78 is 29.4. The molecule has 0 aliphatic heterocycles. The van der Waals surface area contributed by atoms with Crippen molar-refractivity contribution < 1.29 is 18.7 Å². The number of rotatable bonds is 6. The van der Waals surface area contributed by atoms with E-state index in [1.165, 1.54) is 37.1 Å². The van der Waals surface area contributed by atoms with Gasteiger partial charge in [0.1, 0.15) is 5.75 Å². The highest BCUT2D eigenvalue weighted by molar-refractivity contribution is 8.00. The van der Waals surface area contributed by atoms with E-state index in [1.807, 2.05) is 32.0 Å². The lowest BCUT2D eigenvalue weighted by Crippen LogP contribution is -2.13. The Balaban J connectivity index is 1.75. The lowest BCUT2D eigenvalue weighted by Gasteiger charge is -2.13. The number of benzene rings is 2. The molecule has 2 aromatic carbocycles. The molecule has 0 bridgehead atoms. The van der Waals surface area contributed by atoms with E-state index in [1.54, 1.807) is 6.07 Å². The Bertz CT molecular complexity index is 1030. The Kier molecular flexibility index (Phi) is 6.07. The number of phenolic OH excluding ortho intramolecular Hbond substituents is 1. The first-order valence-corrected chi connectivity index (χ1v) is 9.55. The number of halogens is 2. The summed E-state index contributed by atoms with van der Waals surface area (Å²) in [6.45, 7) is 2.59. The zero-order valence-corrected chi connectivity index (χ0v) is 16.8. The average Bonchev–Trinajstić information content (AvgIpc) is 3.06. The number of phenols is 1. The van der Waals surface area contributed by atoms with E-state index in [9.17, 15) is 18.7 Å². The summed E-state index contributed by atoms with van der Waals surface area (Å²) in [6.07, 6.45) is 0. The van der Waals surface area contributed by atoms with Crippen LogP contribution in [0.1, 0.15) is 33.9 Å². The van der Waals surface area contributed by atoms with Crippen LogP contribution in [-0.2, 0) is 0 Å². The maximum absolute atomic E-state index is 12.8. The minimum Gasteiger partial charge on any atom is -0.507 e. The van der Waals surface area contributed by atoms with Crippen molar-refractivity contribution >= 4 is 29.2 Å². The molecular formula is C20H20F2N4O2S. The third-order valence-corrected chi connectivity index (χ3v) is 5.15. The molecule has 29 heavy (non-hydrogen) atoms. The second-order valence-corrected chi connectivity index (χ2v) is 7.35. The standard InChI is InChI=1S/C20H20F2N4O2S/c1-11-5-4-6-12(2)18(11)25-29-17-10-14(7-8-16(17)27)23-19(28)15-9-13(3)26(24-15)20(21)22/h4-10,20,25,27H,1-3H3,(H,23,28). The van der Waals surface area contributed by atoms with E-state index in [-0.39, 0.29) is 17.1 Å². The maximum Gasteiger partial charge on any atom is 0.333 e. The summed E-state index contributed by atoms with van der Waals surface area (Å²) in [6, 6.07) is 11.8. The molecule has 0 atom stereocenters. The zero-order chi connectivity index (χ0) is 21.1. The number of aromatic hydroxyl groups is 1. The van der Waals surface area contributed by atoms with Crippen LogP contribution in [0.2, 0.25) is 0 Å². The van der Waals surface area contributed by atoms with Crippen molar-refractivity contribution in [2.75, 3.05) is 10.0 Å². The minimum absolute atomic E-state index is 0.0459. The molecule has 0 saturated carbocycles. The number of para-hydroxylation sites is 1. The summed E-state index contributed by atoms with van der Waals surface area (Å²) in [4.78, 5) is 12.9. The number of carbonyl (C=O) groups is 1. The summed E-state index contributed by atoms with van der Waals surface area (Å²) >= 11 is 1.21. The van der Waals surface area contributed by atoms with Gasteiger partial charge in [0.25, 0.3) is 5.91 Å². The number of carbonyl (C=O) groups excluding carboxylic acids is 1. The van der Waals surface area contributed by atoms with Crippen molar-refractivity contribution in [1.82, 2.24) is 9.78 Å². The number of nitrogens with one attached hydrogen (secondary N) is 2. The Labute approximate surface area is 171 Å². The first-order chi connectivity index (χ1) is 13.8. The predicted molar refractivity (Wildman–Crippen MR) is 110 cm³/mol. The van der Waals surface area contributed by atoms with Crippen molar-refractivity contribution in [3.05, 3.63) is 65.0 Å². The lowest BCUT2D eigenvalue weighted by atomic mass is 10.1. The molecule has 1 heterocycles. The molecule has 1 aromatic heterocycles. The van der Waals surface area contributed by atoms with Gasteiger partial charge in [0.15, 0.2) is 5.69 Å². The predicted octanol–water partition coefficient (Wildman–Crippen LogP) is 5.28. The van der Waals surface area contributed by atoms with E-state index in [2.05, 4.69) is 15.1 Å². The van der Waals surface area contributed by atoms with Crippen molar-refractivity contribution in [2.24, 2.45) is 0 Å². The Morgan fingerprint density at radius 2 is 1.83 bits per heavy atom. The molecular weight excluding hydrogens is 398 g/mol. The molecule has 152 valence electrons. The second-order valence-electron chi connectivity index (χ2n) is 6.50. The number of nitrogens with zero attached hydrogens (tertiary/aromatic N) is 2. The van der Waals surface area contributed by atoms with Gasteiger partial charge in [-0.2, -0.15) is 13.9 Å². The Morgan fingerprint density at radius 3 is 2.45 bits per heavy atom. The minimum atomic E-state index is -2.82. The highest BCUT2D eigenvalue weighted by atomic mass is 32.2. The van der Waals surface area contributed by atoms with Gasteiger partial charge in [0, 0.05) is 11.4 Å². The topological polar surface area (TPSA) is 79.2 Å². The molecule has 0 aliphatic rings. The molecule has 0 spiro atoms. The fourth-order valence-electron chi connectivity index (χ4n) is 2.75. The fourth-order valence-corrected chi connectivity index (χ4v) is 3.64. The zero-order valence-electron chi connectivity index (χ0n) is 16.0. The van der Waals surface area contributed by atoms with E-state index >= 15 is 0 Å². The van der Waals surface area contributed by atoms with Crippen LogP contribution in [-0.4, -0.2) is 20.8 Å². The van der Waals surface area contributed by atoms with Crippen LogP contribution in [0.25, 0.3) is 0 Å². The number of anilines is 2. The number of hydrogen-bond donors (Lipinski definition) is 3. The van der Waals surface area contributed by atoms with Gasteiger partial charge >= 0.3 is 6.55 Å². The largest absolute Gasteiger partial charge is 0.507 e. The molecule has 0 aliphatic carbocycles. The van der Waals surface area contributed by atoms with E-state index in [0.717, 1.165) is 16.8 Å². The van der Waals surface area contributed by atoms with Gasteiger partial charge in [0.05, 0.1) is 10.6 Å². The van der Waals surface area contributed by atoms with Crippen molar-refractivity contribution in [1.29, 1.82) is 0 Å². The van der Waals surface area contributed by atoms with Gasteiger partial charge in [-0.05, 0) is 68.1 Å². The lowest BCUT2D eigenvalue weighted by molar-refractivity contribution is 0.0540. The van der Waals surface area contributed by atoms with Crippen LogP contribution in [0.3, 0.4) is 0 Å². The number of aromatic nitrogens is 2. The van der Waals surface area contributed by atoms with E-state index in [0.29, 0.717) is 15.3 Å².